The van der Waals surface area contributed by atoms with Gasteiger partial charge in [-0.05, 0) is 37.8 Å². The molecule has 0 radical (unpaired) electrons. The molecule has 0 aliphatic carbocycles. The summed E-state index contributed by atoms with van der Waals surface area (Å²) in [7, 11) is 3.60. The number of carbonyl (C=O) groups excluding carboxylic acids is 1. The van der Waals surface area contributed by atoms with E-state index in [1.54, 1.807) is 19.0 Å². The fourth-order valence-corrected chi connectivity index (χ4v) is 3.37. The maximum absolute atomic E-state index is 12.1. The first-order chi connectivity index (χ1) is 10.0. The predicted octanol–water partition coefficient (Wildman–Crippen LogP) is 2.07. The number of nitrogens with zero attached hydrogens (tertiary/aromatic N) is 2. The molecule has 4 heteroatoms. The fourth-order valence-electron chi connectivity index (χ4n) is 3.37. The van der Waals surface area contributed by atoms with Crippen LogP contribution in [0.1, 0.15) is 18.4 Å². The van der Waals surface area contributed by atoms with E-state index in [0.717, 1.165) is 25.9 Å². The fraction of sp³-hybridized carbons (Fsp3) is 0.588. The highest BCUT2D eigenvalue weighted by molar-refractivity contribution is 5.80. The van der Waals surface area contributed by atoms with E-state index in [9.17, 15) is 4.79 Å². The van der Waals surface area contributed by atoms with Crippen LogP contribution >= 0.6 is 0 Å². The third-order valence-electron chi connectivity index (χ3n) is 4.67. The normalized spacial score (nSPS) is 28.3. The van der Waals surface area contributed by atoms with E-state index in [2.05, 4.69) is 36.1 Å². The van der Waals surface area contributed by atoms with Gasteiger partial charge in [-0.15, -0.1) is 0 Å². The standard InChI is InChI=1S/C17H24N2O2/c1-12-4-6-14(7-5-12)19-9-8-13-10-15(17(20)18(2)3)21-16(13)11-19/h4-7,13,15-16H,8-11H2,1-3H3/t13-,15+,16-/m1/s1. The van der Waals surface area contributed by atoms with Crippen LogP contribution in [0, 0.1) is 12.8 Å². The average Bonchev–Trinajstić information content (AvgIpc) is 2.89. The van der Waals surface area contributed by atoms with Crippen molar-refractivity contribution in [3.05, 3.63) is 29.8 Å². The van der Waals surface area contributed by atoms with Crippen molar-refractivity contribution in [3.8, 4) is 0 Å². The highest BCUT2D eigenvalue weighted by Crippen LogP contribution is 2.35. The lowest BCUT2D eigenvalue weighted by molar-refractivity contribution is -0.140. The lowest BCUT2D eigenvalue weighted by Gasteiger charge is -2.35. The molecule has 114 valence electrons. The lowest BCUT2D eigenvalue weighted by Crippen LogP contribution is -2.42. The number of benzene rings is 1. The highest BCUT2D eigenvalue weighted by atomic mass is 16.5. The van der Waals surface area contributed by atoms with Crippen molar-refractivity contribution < 1.29 is 9.53 Å². The van der Waals surface area contributed by atoms with E-state index in [4.69, 9.17) is 4.74 Å². The number of likely N-dealkylation sites (N-methyl/N-ethyl adjacent to an activating group) is 1. The second-order valence-electron chi connectivity index (χ2n) is 6.46. The Kier molecular flexibility index (Phi) is 3.89. The Morgan fingerprint density at radius 1 is 1.29 bits per heavy atom. The summed E-state index contributed by atoms with van der Waals surface area (Å²) in [4.78, 5) is 16.1. The zero-order chi connectivity index (χ0) is 15.0. The first kappa shape index (κ1) is 14.4. The van der Waals surface area contributed by atoms with Crippen molar-refractivity contribution >= 4 is 11.6 Å². The summed E-state index contributed by atoms with van der Waals surface area (Å²) in [5, 5.41) is 0. The number of piperidine rings is 1. The van der Waals surface area contributed by atoms with Gasteiger partial charge in [0.2, 0.25) is 0 Å². The molecule has 1 aromatic carbocycles. The van der Waals surface area contributed by atoms with Gasteiger partial charge in [-0.3, -0.25) is 4.79 Å². The molecule has 4 nitrogen and oxygen atoms in total. The molecular weight excluding hydrogens is 264 g/mol. The van der Waals surface area contributed by atoms with Gasteiger partial charge in [0.15, 0.2) is 0 Å². The summed E-state index contributed by atoms with van der Waals surface area (Å²) >= 11 is 0. The number of carbonyl (C=O) groups is 1. The highest BCUT2D eigenvalue weighted by Gasteiger charge is 2.42. The van der Waals surface area contributed by atoms with Crippen molar-refractivity contribution in [2.24, 2.45) is 5.92 Å². The molecule has 0 saturated carbocycles. The number of anilines is 1. The number of ether oxygens (including phenoxy) is 1. The van der Waals surface area contributed by atoms with E-state index >= 15 is 0 Å². The quantitative estimate of drug-likeness (QED) is 0.835. The van der Waals surface area contributed by atoms with Crippen molar-refractivity contribution in [2.75, 3.05) is 32.1 Å². The van der Waals surface area contributed by atoms with Gasteiger partial charge < -0.3 is 14.5 Å². The van der Waals surface area contributed by atoms with Crippen LogP contribution in [-0.2, 0) is 9.53 Å². The largest absolute Gasteiger partial charge is 0.369 e. The molecule has 0 bridgehead atoms. The minimum Gasteiger partial charge on any atom is -0.369 e. The minimum absolute atomic E-state index is 0.103. The van der Waals surface area contributed by atoms with E-state index in [1.165, 1.54) is 11.3 Å². The Balaban J connectivity index is 1.66. The molecule has 2 aliphatic rings. The number of rotatable bonds is 2. The molecule has 21 heavy (non-hydrogen) atoms. The van der Waals surface area contributed by atoms with E-state index in [-0.39, 0.29) is 18.1 Å². The number of aryl methyl sites for hydroxylation is 1. The molecule has 0 N–H and O–H groups in total. The van der Waals surface area contributed by atoms with Crippen LogP contribution in [0.4, 0.5) is 5.69 Å². The third-order valence-corrected chi connectivity index (χ3v) is 4.67. The van der Waals surface area contributed by atoms with E-state index in [1.807, 2.05) is 0 Å². The first-order valence-electron chi connectivity index (χ1n) is 7.73. The summed E-state index contributed by atoms with van der Waals surface area (Å²) < 4.78 is 6.03. The van der Waals surface area contributed by atoms with Crippen molar-refractivity contribution in [1.29, 1.82) is 0 Å². The smallest absolute Gasteiger partial charge is 0.251 e. The van der Waals surface area contributed by atoms with Gasteiger partial charge in [-0.25, -0.2) is 0 Å². The molecule has 0 spiro atoms. The molecule has 0 aromatic heterocycles. The molecule has 3 atom stereocenters. The van der Waals surface area contributed by atoms with Crippen LogP contribution < -0.4 is 4.90 Å². The summed E-state index contributed by atoms with van der Waals surface area (Å²) in [6, 6.07) is 8.64. The third kappa shape index (κ3) is 2.91. The number of hydrogen-bond donors (Lipinski definition) is 0. The summed E-state index contributed by atoms with van der Waals surface area (Å²) in [5.74, 6) is 0.631. The molecule has 2 fully saturated rings. The maximum Gasteiger partial charge on any atom is 0.251 e. The van der Waals surface area contributed by atoms with Crippen LogP contribution in [0.2, 0.25) is 0 Å². The van der Waals surface area contributed by atoms with Crippen LogP contribution in [0.3, 0.4) is 0 Å². The van der Waals surface area contributed by atoms with Gasteiger partial charge in [0.1, 0.15) is 6.10 Å². The summed E-state index contributed by atoms with van der Waals surface area (Å²) in [6.07, 6.45) is 1.93. The molecule has 2 heterocycles. The second-order valence-corrected chi connectivity index (χ2v) is 6.46. The van der Waals surface area contributed by atoms with Crippen molar-refractivity contribution in [1.82, 2.24) is 4.90 Å². The summed E-state index contributed by atoms with van der Waals surface area (Å²) in [6.45, 7) is 4.05. The van der Waals surface area contributed by atoms with E-state index in [0.29, 0.717) is 5.92 Å². The Bertz CT molecular complexity index is 512. The topological polar surface area (TPSA) is 32.8 Å². The number of fused-ring (bicyclic) bond motifs is 1. The van der Waals surface area contributed by atoms with Gasteiger partial charge in [0.05, 0.1) is 6.10 Å². The monoisotopic (exact) mass is 288 g/mol. The van der Waals surface area contributed by atoms with Crippen LogP contribution in [-0.4, -0.2) is 50.2 Å². The lowest BCUT2D eigenvalue weighted by atomic mass is 9.91. The van der Waals surface area contributed by atoms with Gasteiger partial charge in [-0.1, -0.05) is 17.7 Å². The SMILES string of the molecule is Cc1ccc(N2CC[C@@H]3C[C@@H](C(=O)N(C)C)O[C@@H]3C2)cc1. The average molecular weight is 288 g/mol. The van der Waals surface area contributed by atoms with Crippen molar-refractivity contribution in [2.45, 2.75) is 32.0 Å². The van der Waals surface area contributed by atoms with Crippen LogP contribution in [0.5, 0.6) is 0 Å². The molecular formula is C17H24N2O2. The number of hydrogen-bond acceptors (Lipinski definition) is 3. The van der Waals surface area contributed by atoms with Crippen LogP contribution in [0.25, 0.3) is 0 Å². The Labute approximate surface area is 126 Å². The molecule has 2 saturated heterocycles. The maximum atomic E-state index is 12.1. The molecule has 3 rings (SSSR count). The van der Waals surface area contributed by atoms with Crippen molar-refractivity contribution in [3.63, 3.8) is 0 Å². The first-order valence-corrected chi connectivity index (χ1v) is 7.73. The Morgan fingerprint density at radius 3 is 2.67 bits per heavy atom. The predicted molar refractivity (Wildman–Crippen MR) is 83.5 cm³/mol. The van der Waals surface area contributed by atoms with E-state index < -0.39 is 0 Å². The molecule has 1 amide bonds. The van der Waals surface area contributed by atoms with Gasteiger partial charge in [-0.2, -0.15) is 0 Å². The van der Waals surface area contributed by atoms with Gasteiger partial charge >= 0.3 is 0 Å². The summed E-state index contributed by atoms with van der Waals surface area (Å²) in [5.41, 5.74) is 2.53. The van der Waals surface area contributed by atoms with Gasteiger partial charge in [0.25, 0.3) is 5.91 Å². The zero-order valence-electron chi connectivity index (χ0n) is 13.1. The van der Waals surface area contributed by atoms with Gasteiger partial charge in [0, 0.05) is 32.9 Å². The molecule has 2 aliphatic heterocycles. The minimum atomic E-state index is -0.243. The zero-order valence-corrected chi connectivity index (χ0v) is 13.1. The molecule has 1 aromatic rings. The second kappa shape index (κ2) is 5.68. The molecule has 0 unspecified atom stereocenters. The Morgan fingerprint density at radius 2 is 2.00 bits per heavy atom. The number of amides is 1. The Hall–Kier alpha value is -1.55. The van der Waals surface area contributed by atoms with Crippen LogP contribution in [0.15, 0.2) is 24.3 Å².